The zero-order chi connectivity index (χ0) is 19.5. The van der Waals surface area contributed by atoms with Gasteiger partial charge in [0.25, 0.3) is 5.91 Å². The van der Waals surface area contributed by atoms with Crippen molar-refractivity contribution in [1.82, 2.24) is 20.4 Å². The summed E-state index contributed by atoms with van der Waals surface area (Å²) in [4.78, 5) is 13.6. The van der Waals surface area contributed by atoms with Crippen LogP contribution in [0.15, 0.2) is 59.5 Å². The Labute approximate surface area is 168 Å². The summed E-state index contributed by atoms with van der Waals surface area (Å²) < 4.78 is 7.08. The predicted molar refractivity (Wildman–Crippen MR) is 111 cm³/mol. The molecule has 2 heterocycles. The van der Waals surface area contributed by atoms with Crippen LogP contribution >= 0.6 is 11.8 Å². The highest BCUT2D eigenvalue weighted by Crippen LogP contribution is 2.26. The summed E-state index contributed by atoms with van der Waals surface area (Å²) in [5.41, 5.74) is 3.42. The lowest BCUT2D eigenvalue weighted by Gasteiger charge is -2.25. The molecule has 1 aromatic heterocycles. The number of rotatable bonds is 6. The van der Waals surface area contributed by atoms with E-state index >= 15 is 0 Å². The lowest BCUT2D eigenvalue weighted by molar-refractivity contribution is 0.0900. The van der Waals surface area contributed by atoms with Crippen molar-refractivity contribution in [2.24, 2.45) is 0 Å². The Kier molecular flexibility index (Phi) is 5.36. The van der Waals surface area contributed by atoms with E-state index in [1.165, 1.54) is 10.5 Å². The summed E-state index contributed by atoms with van der Waals surface area (Å²) in [5, 5.41) is 11.1. The molecule has 7 heteroatoms. The SMILES string of the molecule is COc1cccc(-c2cc3n(n2)[C@H](NCc2ccc(SC)cc2)CNC3=O)c1. The molecule has 0 bridgehead atoms. The summed E-state index contributed by atoms with van der Waals surface area (Å²) in [7, 11) is 1.64. The van der Waals surface area contributed by atoms with Crippen molar-refractivity contribution < 1.29 is 9.53 Å². The highest BCUT2D eigenvalue weighted by Gasteiger charge is 2.27. The number of carbonyl (C=O) groups excluding carboxylic acids is 1. The second-order valence-corrected chi connectivity index (χ2v) is 7.43. The fraction of sp³-hybridized carbons (Fsp3) is 0.238. The number of methoxy groups -OCH3 is 1. The normalized spacial score (nSPS) is 15.8. The van der Waals surface area contributed by atoms with E-state index in [1.54, 1.807) is 23.6 Å². The van der Waals surface area contributed by atoms with E-state index in [4.69, 9.17) is 9.84 Å². The van der Waals surface area contributed by atoms with E-state index in [-0.39, 0.29) is 12.1 Å². The Hall–Kier alpha value is -2.77. The third kappa shape index (κ3) is 3.76. The molecule has 28 heavy (non-hydrogen) atoms. The Morgan fingerprint density at radius 3 is 2.82 bits per heavy atom. The van der Waals surface area contributed by atoms with Crippen LogP contribution in [0.3, 0.4) is 0 Å². The molecule has 0 unspecified atom stereocenters. The van der Waals surface area contributed by atoms with E-state index < -0.39 is 0 Å². The second kappa shape index (κ2) is 8.08. The van der Waals surface area contributed by atoms with Gasteiger partial charge >= 0.3 is 0 Å². The summed E-state index contributed by atoms with van der Waals surface area (Å²) in [5.74, 6) is 0.653. The third-order valence-corrected chi connectivity index (χ3v) is 5.53. The topological polar surface area (TPSA) is 68.2 Å². The van der Waals surface area contributed by atoms with Crippen molar-refractivity contribution in [3.63, 3.8) is 0 Å². The predicted octanol–water partition coefficient (Wildman–Crippen LogP) is 3.31. The van der Waals surface area contributed by atoms with Crippen molar-refractivity contribution >= 4 is 17.7 Å². The van der Waals surface area contributed by atoms with Crippen molar-refractivity contribution in [3.05, 3.63) is 65.9 Å². The molecule has 0 fully saturated rings. The highest BCUT2D eigenvalue weighted by molar-refractivity contribution is 7.98. The fourth-order valence-corrected chi connectivity index (χ4v) is 3.64. The van der Waals surface area contributed by atoms with Gasteiger partial charge in [-0.15, -0.1) is 11.8 Å². The van der Waals surface area contributed by atoms with Gasteiger partial charge in [-0.2, -0.15) is 5.10 Å². The van der Waals surface area contributed by atoms with Crippen molar-refractivity contribution in [2.75, 3.05) is 19.9 Å². The molecule has 0 saturated heterocycles. The zero-order valence-electron chi connectivity index (χ0n) is 15.8. The van der Waals surface area contributed by atoms with Gasteiger partial charge in [-0.1, -0.05) is 24.3 Å². The fourth-order valence-electron chi connectivity index (χ4n) is 3.23. The van der Waals surface area contributed by atoms with Gasteiger partial charge < -0.3 is 10.1 Å². The van der Waals surface area contributed by atoms with E-state index in [0.29, 0.717) is 18.8 Å². The van der Waals surface area contributed by atoms with Crippen molar-refractivity contribution in [3.8, 4) is 17.0 Å². The van der Waals surface area contributed by atoms with Gasteiger partial charge in [-0.25, -0.2) is 4.68 Å². The van der Waals surface area contributed by atoms with Crippen LogP contribution in [-0.4, -0.2) is 35.6 Å². The maximum Gasteiger partial charge on any atom is 0.269 e. The first-order chi connectivity index (χ1) is 13.7. The number of ether oxygens (including phenoxy) is 1. The average molecular weight is 395 g/mol. The van der Waals surface area contributed by atoms with E-state index in [0.717, 1.165) is 17.0 Å². The highest BCUT2D eigenvalue weighted by atomic mass is 32.2. The summed E-state index contributed by atoms with van der Waals surface area (Å²) in [6, 6.07) is 18.0. The Morgan fingerprint density at radius 1 is 1.25 bits per heavy atom. The number of aromatic nitrogens is 2. The minimum Gasteiger partial charge on any atom is -0.497 e. The number of hydrogen-bond donors (Lipinski definition) is 2. The first-order valence-corrected chi connectivity index (χ1v) is 10.3. The number of benzene rings is 2. The average Bonchev–Trinajstić information content (AvgIpc) is 3.20. The minimum absolute atomic E-state index is 0.104. The molecule has 4 rings (SSSR count). The number of carbonyl (C=O) groups is 1. The number of fused-ring (bicyclic) bond motifs is 1. The lowest BCUT2D eigenvalue weighted by Crippen LogP contribution is -2.45. The molecular weight excluding hydrogens is 372 g/mol. The minimum atomic E-state index is -0.107. The number of nitrogens with zero attached hydrogens (tertiary/aromatic N) is 2. The number of hydrogen-bond acceptors (Lipinski definition) is 5. The molecule has 3 aromatic rings. The van der Waals surface area contributed by atoms with Gasteiger partial charge in [-0.05, 0) is 42.2 Å². The molecule has 0 radical (unpaired) electrons. The molecule has 144 valence electrons. The molecule has 0 saturated carbocycles. The number of amides is 1. The Bertz CT molecular complexity index is 984. The zero-order valence-corrected chi connectivity index (χ0v) is 16.6. The van der Waals surface area contributed by atoms with Crippen LogP contribution < -0.4 is 15.4 Å². The molecule has 1 aliphatic heterocycles. The van der Waals surface area contributed by atoms with Gasteiger partial charge in [0.1, 0.15) is 17.6 Å². The first kappa shape index (κ1) is 18.6. The quantitative estimate of drug-likeness (QED) is 0.628. The molecule has 0 aliphatic carbocycles. The van der Waals surface area contributed by atoms with E-state index in [9.17, 15) is 4.79 Å². The number of thioether (sulfide) groups is 1. The van der Waals surface area contributed by atoms with Gasteiger partial charge in [0, 0.05) is 17.0 Å². The maximum absolute atomic E-state index is 12.3. The summed E-state index contributed by atoms with van der Waals surface area (Å²) in [6.45, 7) is 1.19. The first-order valence-electron chi connectivity index (χ1n) is 9.06. The molecule has 1 amide bonds. The maximum atomic E-state index is 12.3. The van der Waals surface area contributed by atoms with Crippen LogP contribution in [0.1, 0.15) is 22.2 Å². The molecule has 0 spiro atoms. The second-order valence-electron chi connectivity index (χ2n) is 6.55. The monoisotopic (exact) mass is 394 g/mol. The van der Waals surface area contributed by atoms with Crippen molar-refractivity contribution in [1.29, 1.82) is 0 Å². The van der Waals surface area contributed by atoms with Crippen LogP contribution in [0.2, 0.25) is 0 Å². The molecule has 2 N–H and O–H groups in total. The van der Waals surface area contributed by atoms with Crippen LogP contribution in [0.4, 0.5) is 0 Å². The molecule has 6 nitrogen and oxygen atoms in total. The van der Waals surface area contributed by atoms with Gasteiger partial charge in [0.05, 0.1) is 19.3 Å². The van der Waals surface area contributed by atoms with E-state index in [2.05, 4.69) is 41.2 Å². The van der Waals surface area contributed by atoms with E-state index in [1.807, 2.05) is 30.3 Å². The van der Waals surface area contributed by atoms with Gasteiger partial charge in [0.2, 0.25) is 0 Å². The Morgan fingerprint density at radius 2 is 2.07 bits per heavy atom. The van der Waals surface area contributed by atoms with Crippen LogP contribution in [0.5, 0.6) is 5.75 Å². The van der Waals surface area contributed by atoms with Crippen LogP contribution in [0.25, 0.3) is 11.3 Å². The van der Waals surface area contributed by atoms with Crippen LogP contribution in [-0.2, 0) is 6.54 Å². The van der Waals surface area contributed by atoms with Crippen LogP contribution in [0, 0.1) is 0 Å². The van der Waals surface area contributed by atoms with Gasteiger partial charge in [-0.3, -0.25) is 10.1 Å². The standard InChI is InChI=1S/C21H22N4O2S/c1-27-16-5-3-4-15(10-16)18-11-19-21(26)23-13-20(25(19)24-18)22-12-14-6-8-17(28-2)9-7-14/h3-11,20,22H,12-13H2,1-2H3,(H,23,26)/t20-/m0/s1. The summed E-state index contributed by atoms with van der Waals surface area (Å²) >= 11 is 1.73. The Balaban J connectivity index is 1.56. The molecule has 1 atom stereocenters. The smallest absolute Gasteiger partial charge is 0.269 e. The van der Waals surface area contributed by atoms with Gasteiger partial charge in [0.15, 0.2) is 0 Å². The largest absolute Gasteiger partial charge is 0.497 e. The van der Waals surface area contributed by atoms with Crippen molar-refractivity contribution in [2.45, 2.75) is 17.6 Å². The molecular formula is C21H22N4O2S. The number of nitrogens with one attached hydrogen (secondary N) is 2. The third-order valence-electron chi connectivity index (χ3n) is 4.79. The molecule has 2 aromatic carbocycles. The summed E-state index contributed by atoms with van der Waals surface area (Å²) in [6.07, 6.45) is 1.96. The lowest BCUT2D eigenvalue weighted by atomic mass is 10.1. The molecule has 1 aliphatic rings.